The number of benzene rings is 1. The fourth-order valence-corrected chi connectivity index (χ4v) is 2.61. The van der Waals surface area contributed by atoms with Gasteiger partial charge in [-0.25, -0.2) is 4.39 Å². The number of amides is 1. The first kappa shape index (κ1) is 15.8. The SMILES string of the molecule is O=C(CCOc1ccc(F)cc1)NCC(O)C1CCCC1. The summed E-state index contributed by atoms with van der Waals surface area (Å²) in [5, 5.41) is 12.7. The quantitative estimate of drug-likeness (QED) is 0.811. The maximum atomic E-state index is 12.7. The third-order valence-corrected chi connectivity index (χ3v) is 3.86. The number of aliphatic hydroxyl groups excluding tert-OH is 1. The molecule has 1 aromatic rings. The molecule has 0 saturated heterocycles. The Morgan fingerprint density at radius 3 is 2.67 bits per heavy atom. The van der Waals surface area contributed by atoms with E-state index in [1.54, 1.807) is 0 Å². The van der Waals surface area contributed by atoms with Crippen LogP contribution in [-0.2, 0) is 4.79 Å². The van der Waals surface area contributed by atoms with Crippen LogP contribution in [0.15, 0.2) is 24.3 Å². The fraction of sp³-hybridized carbons (Fsp3) is 0.562. The first-order valence-electron chi connectivity index (χ1n) is 7.48. The molecule has 1 aliphatic rings. The molecule has 1 aromatic carbocycles. The van der Waals surface area contributed by atoms with Gasteiger partial charge in [0.25, 0.3) is 0 Å². The van der Waals surface area contributed by atoms with Gasteiger partial charge in [-0.2, -0.15) is 0 Å². The van der Waals surface area contributed by atoms with Crippen molar-refractivity contribution in [1.82, 2.24) is 5.32 Å². The molecule has 0 radical (unpaired) electrons. The van der Waals surface area contributed by atoms with Crippen molar-refractivity contribution < 1.29 is 19.0 Å². The lowest BCUT2D eigenvalue weighted by Gasteiger charge is -2.18. The van der Waals surface area contributed by atoms with Crippen LogP contribution in [0.2, 0.25) is 0 Å². The van der Waals surface area contributed by atoms with E-state index in [-0.39, 0.29) is 24.8 Å². The number of nitrogens with one attached hydrogen (secondary N) is 1. The third kappa shape index (κ3) is 5.34. The van der Waals surface area contributed by atoms with E-state index in [9.17, 15) is 14.3 Å². The topological polar surface area (TPSA) is 58.6 Å². The summed E-state index contributed by atoms with van der Waals surface area (Å²) in [5.74, 6) is 0.395. The summed E-state index contributed by atoms with van der Waals surface area (Å²) < 4.78 is 18.0. The van der Waals surface area contributed by atoms with Gasteiger partial charge < -0.3 is 15.2 Å². The predicted molar refractivity (Wildman–Crippen MR) is 77.5 cm³/mol. The summed E-state index contributed by atoms with van der Waals surface area (Å²) in [5.41, 5.74) is 0. The van der Waals surface area contributed by atoms with Crippen LogP contribution in [0.25, 0.3) is 0 Å². The van der Waals surface area contributed by atoms with E-state index in [1.807, 2.05) is 0 Å². The molecular formula is C16H22FNO3. The first-order chi connectivity index (χ1) is 10.1. The molecule has 1 fully saturated rings. The second-order valence-corrected chi connectivity index (χ2v) is 5.47. The average molecular weight is 295 g/mol. The summed E-state index contributed by atoms with van der Waals surface area (Å²) >= 11 is 0. The Morgan fingerprint density at radius 1 is 1.33 bits per heavy atom. The number of ether oxygens (including phenoxy) is 1. The van der Waals surface area contributed by atoms with E-state index < -0.39 is 6.10 Å². The van der Waals surface area contributed by atoms with E-state index in [2.05, 4.69) is 5.32 Å². The molecule has 0 aliphatic heterocycles. The maximum absolute atomic E-state index is 12.7. The van der Waals surface area contributed by atoms with E-state index in [0.717, 1.165) is 12.8 Å². The van der Waals surface area contributed by atoms with Crippen molar-refractivity contribution in [2.45, 2.75) is 38.2 Å². The normalized spacial score (nSPS) is 16.7. The Balaban J connectivity index is 1.60. The maximum Gasteiger partial charge on any atom is 0.223 e. The van der Waals surface area contributed by atoms with Gasteiger partial charge in [-0.3, -0.25) is 4.79 Å². The van der Waals surface area contributed by atoms with Gasteiger partial charge in [0.2, 0.25) is 5.91 Å². The number of carbonyl (C=O) groups is 1. The summed E-state index contributed by atoms with van der Waals surface area (Å²) in [4.78, 5) is 11.6. The second kappa shape index (κ2) is 7.98. The van der Waals surface area contributed by atoms with E-state index in [4.69, 9.17) is 4.74 Å². The fourth-order valence-electron chi connectivity index (χ4n) is 2.61. The molecule has 1 aliphatic carbocycles. The summed E-state index contributed by atoms with van der Waals surface area (Å²) in [6.45, 7) is 0.539. The molecule has 0 heterocycles. The van der Waals surface area contributed by atoms with E-state index >= 15 is 0 Å². The number of hydrogen-bond acceptors (Lipinski definition) is 3. The molecule has 0 spiro atoms. The number of carbonyl (C=O) groups excluding carboxylic acids is 1. The average Bonchev–Trinajstić information content (AvgIpc) is 3.01. The van der Waals surface area contributed by atoms with Crippen molar-refractivity contribution in [2.75, 3.05) is 13.2 Å². The van der Waals surface area contributed by atoms with Crippen LogP contribution in [0.5, 0.6) is 5.75 Å². The van der Waals surface area contributed by atoms with Crippen molar-refractivity contribution in [3.05, 3.63) is 30.1 Å². The summed E-state index contributed by atoms with van der Waals surface area (Å²) in [6, 6.07) is 5.68. The zero-order valence-electron chi connectivity index (χ0n) is 12.1. The summed E-state index contributed by atoms with van der Waals surface area (Å²) in [7, 11) is 0. The van der Waals surface area contributed by atoms with Gasteiger partial charge >= 0.3 is 0 Å². The van der Waals surface area contributed by atoms with Crippen LogP contribution >= 0.6 is 0 Å². The second-order valence-electron chi connectivity index (χ2n) is 5.47. The molecule has 0 bridgehead atoms. The Hall–Kier alpha value is -1.62. The number of halogens is 1. The molecule has 2 N–H and O–H groups in total. The van der Waals surface area contributed by atoms with Crippen LogP contribution in [0.1, 0.15) is 32.1 Å². The lowest BCUT2D eigenvalue weighted by atomic mass is 10.0. The zero-order chi connectivity index (χ0) is 15.1. The van der Waals surface area contributed by atoms with Crippen LogP contribution in [0.3, 0.4) is 0 Å². The van der Waals surface area contributed by atoms with Gasteiger partial charge in [-0.15, -0.1) is 0 Å². The smallest absolute Gasteiger partial charge is 0.223 e. The number of aliphatic hydroxyl groups is 1. The highest BCUT2D eigenvalue weighted by atomic mass is 19.1. The minimum Gasteiger partial charge on any atom is -0.493 e. The Morgan fingerprint density at radius 2 is 2.00 bits per heavy atom. The van der Waals surface area contributed by atoms with E-state index in [1.165, 1.54) is 37.1 Å². The van der Waals surface area contributed by atoms with Gasteiger partial charge in [0.1, 0.15) is 11.6 Å². The van der Waals surface area contributed by atoms with Crippen LogP contribution in [-0.4, -0.2) is 30.3 Å². The molecular weight excluding hydrogens is 273 g/mol. The Bertz CT molecular complexity index is 443. The molecule has 21 heavy (non-hydrogen) atoms. The monoisotopic (exact) mass is 295 g/mol. The molecule has 0 aromatic heterocycles. The highest BCUT2D eigenvalue weighted by molar-refractivity contribution is 5.76. The van der Waals surface area contributed by atoms with Crippen LogP contribution in [0.4, 0.5) is 4.39 Å². The van der Waals surface area contributed by atoms with Crippen molar-refractivity contribution in [3.8, 4) is 5.75 Å². The molecule has 1 unspecified atom stereocenters. The molecule has 2 rings (SSSR count). The van der Waals surface area contributed by atoms with Crippen LogP contribution in [0, 0.1) is 11.7 Å². The van der Waals surface area contributed by atoms with Crippen molar-refractivity contribution in [3.63, 3.8) is 0 Å². The lowest BCUT2D eigenvalue weighted by Crippen LogP contribution is -2.36. The number of hydrogen-bond donors (Lipinski definition) is 2. The molecule has 116 valence electrons. The third-order valence-electron chi connectivity index (χ3n) is 3.86. The largest absolute Gasteiger partial charge is 0.493 e. The van der Waals surface area contributed by atoms with Gasteiger partial charge in [0.05, 0.1) is 19.1 Å². The Labute approximate surface area is 124 Å². The van der Waals surface area contributed by atoms with Crippen molar-refractivity contribution in [2.24, 2.45) is 5.92 Å². The molecule has 1 atom stereocenters. The minimum absolute atomic E-state index is 0.144. The van der Waals surface area contributed by atoms with Crippen LogP contribution < -0.4 is 10.1 Å². The minimum atomic E-state index is -0.450. The Kier molecular flexibility index (Phi) is 5.99. The van der Waals surface area contributed by atoms with Gasteiger partial charge in [0, 0.05) is 6.54 Å². The van der Waals surface area contributed by atoms with Crippen molar-refractivity contribution >= 4 is 5.91 Å². The van der Waals surface area contributed by atoms with E-state index in [0.29, 0.717) is 18.2 Å². The van der Waals surface area contributed by atoms with Gasteiger partial charge in [0.15, 0.2) is 0 Å². The van der Waals surface area contributed by atoms with Crippen molar-refractivity contribution in [1.29, 1.82) is 0 Å². The highest BCUT2D eigenvalue weighted by Crippen LogP contribution is 2.27. The molecule has 1 amide bonds. The lowest BCUT2D eigenvalue weighted by molar-refractivity contribution is -0.122. The first-order valence-corrected chi connectivity index (χ1v) is 7.48. The van der Waals surface area contributed by atoms with Gasteiger partial charge in [-0.1, -0.05) is 12.8 Å². The molecule has 5 heteroatoms. The number of rotatable bonds is 7. The predicted octanol–water partition coefficient (Wildman–Crippen LogP) is 2.26. The molecule has 1 saturated carbocycles. The summed E-state index contributed by atoms with van der Waals surface area (Å²) in [6.07, 6.45) is 4.20. The highest BCUT2D eigenvalue weighted by Gasteiger charge is 2.23. The van der Waals surface area contributed by atoms with Gasteiger partial charge in [-0.05, 0) is 43.0 Å². The molecule has 4 nitrogen and oxygen atoms in total. The zero-order valence-corrected chi connectivity index (χ0v) is 12.1. The standard InChI is InChI=1S/C16H22FNO3/c17-13-5-7-14(8-6-13)21-10-9-16(20)18-11-15(19)12-3-1-2-4-12/h5-8,12,15,19H,1-4,9-11H2,(H,18,20).